The second-order valence-corrected chi connectivity index (χ2v) is 6.70. The van der Waals surface area contributed by atoms with Crippen LogP contribution < -0.4 is 0 Å². The molecule has 0 radical (unpaired) electrons. The summed E-state index contributed by atoms with van der Waals surface area (Å²) in [6.45, 7) is 5.22. The zero-order valence-corrected chi connectivity index (χ0v) is 14.1. The van der Waals surface area contributed by atoms with E-state index < -0.39 is 0 Å². The molecule has 3 heterocycles. The van der Waals surface area contributed by atoms with Crippen LogP contribution in [0.15, 0.2) is 41.2 Å². The van der Waals surface area contributed by atoms with Crippen molar-refractivity contribution in [3.05, 3.63) is 53.7 Å². The number of nitrogens with zero attached hydrogens (tertiary/aromatic N) is 2. The molecule has 24 heavy (non-hydrogen) atoms. The van der Waals surface area contributed by atoms with Gasteiger partial charge >= 0.3 is 0 Å². The Kier molecular flexibility index (Phi) is 4.65. The summed E-state index contributed by atoms with van der Waals surface area (Å²) in [6.07, 6.45) is 6.05. The van der Waals surface area contributed by atoms with Crippen molar-refractivity contribution in [3.8, 4) is 0 Å². The molecule has 0 spiro atoms. The lowest BCUT2D eigenvalue weighted by molar-refractivity contribution is -0.119. The maximum atomic E-state index is 6.16. The molecular formula is C19H24N2O3. The predicted molar refractivity (Wildman–Crippen MR) is 89.4 cm³/mol. The topological polar surface area (TPSA) is 47.7 Å². The van der Waals surface area contributed by atoms with E-state index in [2.05, 4.69) is 9.88 Å². The van der Waals surface area contributed by atoms with Crippen molar-refractivity contribution in [2.24, 2.45) is 0 Å². The zero-order valence-electron chi connectivity index (χ0n) is 14.1. The Morgan fingerprint density at radius 2 is 2.25 bits per heavy atom. The zero-order chi connectivity index (χ0) is 16.4. The molecule has 1 aliphatic heterocycles. The third-order valence-corrected chi connectivity index (χ3v) is 5.01. The Bertz CT molecular complexity index is 658. The highest BCUT2D eigenvalue weighted by molar-refractivity contribution is 5.10. The Morgan fingerprint density at radius 3 is 3.08 bits per heavy atom. The summed E-state index contributed by atoms with van der Waals surface area (Å²) in [4.78, 5) is 7.02. The largest absolute Gasteiger partial charge is 0.472 e. The summed E-state index contributed by atoms with van der Waals surface area (Å²) >= 11 is 0. The van der Waals surface area contributed by atoms with Crippen molar-refractivity contribution in [2.75, 3.05) is 13.2 Å². The van der Waals surface area contributed by atoms with Gasteiger partial charge in [0, 0.05) is 30.4 Å². The van der Waals surface area contributed by atoms with Crippen molar-refractivity contribution in [1.29, 1.82) is 0 Å². The molecule has 1 saturated carbocycles. The van der Waals surface area contributed by atoms with Gasteiger partial charge in [-0.25, -0.2) is 0 Å². The standard InChI is InChI=1S/C19H24N2O3/c1-14-3-2-4-16(20-14)13-24-18-6-5-17-19(18)23-10-8-21(17)11-15-7-9-22-12-15/h2-4,7,9,12,17-19H,5-6,8,10-11,13H2,1H3/t17-,18+,19+/m0/s1. The molecule has 0 amide bonds. The number of pyridine rings is 1. The Balaban J connectivity index is 1.37. The van der Waals surface area contributed by atoms with Gasteiger partial charge in [-0.3, -0.25) is 9.88 Å². The fourth-order valence-corrected chi connectivity index (χ4v) is 3.86. The van der Waals surface area contributed by atoms with Crippen LogP contribution in [0.5, 0.6) is 0 Å². The van der Waals surface area contributed by atoms with Gasteiger partial charge in [0.15, 0.2) is 0 Å². The summed E-state index contributed by atoms with van der Waals surface area (Å²) in [7, 11) is 0. The number of aromatic nitrogens is 1. The number of morpholine rings is 1. The lowest BCUT2D eigenvalue weighted by Gasteiger charge is -2.38. The van der Waals surface area contributed by atoms with E-state index in [9.17, 15) is 0 Å². The molecule has 0 aromatic carbocycles. The molecule has 5 heteroatoms. The van der Waals surface area contributed by atoms with Gasteiger partial charge < -0.3 is 13.9 Å². The van der Waals surface area contributed by atoms with Gasteiger partial charge in [-0.1, -0.05) is 6.07 Å². The van der Waals surface area contributed by atoms with Crippen molar-refractivity contribution in [1.82, 2.24) is 9.88 Å². The van der Waals surface area contributed by atoms with Crippen LogP contribution in [0.4, 0.5) is 0 Å². The molecule has 2 aromatic rings. The number of fused-ring (bicyclic) bond motifs is 1. The van der Waals surface area contributed by atoms with Gasteiger partial charge in [0.25, 0.3) is 0 Å². The molecule has 2 fully saturated rings. The van der Waals surface area contributed by atoms with E-state index in [0.29, 0.717) is 12.6 Å². The quantitative estimate of drug-likeness (QED) is 0.844. The van der Waals surface area contributed by atoms with Crippen molar-refractivity contribution in [2.45, 2.75) is 51.2 Å². The summed E-state index contributed by atoms with van der Waals surface area (Å²) < 4.78 is 17.4. The number of aryl methyl sites for hydroxylation is 1. The molecule has 2 aromatic heterocycles. The van der Waals surface area contributed by atoms with Crippen LogP contribution in [0.25, 0.3) is 0 Å². The van der Waals surface area contributed by atoms with Gasteiger partial charge in [0.1, 0.15) is 0 Å². The molecule has 3 atom stereocenters. The van der Waals surface area contributed by atoms with Crippen molar-refractivity contribution in [3.63, 3.8) is 0 Å². The molecular weight excluding hydrogens is 304 g/mol. The first-order valence-corrected chi connectivity index (χ1v) is 8.70. The molecule has 1 aliphatic carbocycles. The molecule has 0 N–H and O–H groups in total. The first-order chi connectivity index (χ1) is 11.8. The van der Waals surface area contributed by atoms with Gasteiger partial charge in [-0.2, -0.15) is 0 Å². The molecule has 0 bridgehead atoms. The van der Waals surface area contributed by atoms with Crippen LogP contribution >= 0.6 is 0 Å². The van der Waals surface area contributed by atoms with E-state index in [-0.39, 0.29) is 12.2 Å². The Morgan fingerprint density at radius 1 is 1.29 bits per heavy atom. The van der Waals surface area contributed by atoms with E-state index in [1.807, 2.05) is 37.5 Å². The van der Waals surface area contributed by atoms with Gasteiger partial charge in [0.2, 0.25) is 0 Å². The smallest absolute Gasteiger partial charge is 0.0992 e. The second kappa shape index (κ2) is 7.05. The highest BCUT2D eigenvalue weighted by atomic mass is 16.5. The van der Waals surface area contributed by atoms with E-state index in [4.69, 9.17) is 13.9 Å². The summed E-state index contributed by atoms with van der Waals surface area (Å²) in [5, 5.41) is 0. The lowest BCUT2D eigenvalue weighted by atomic mass is 10.1. The third-order valence-electron chi connectivity index (χ3n) is 5.01. The first-order valence-electron chi connectivity index (χ1n) is 8.70. The second-order valence-electron chi connectivity index (χ2n) is 6.70. The number of rotatable bonds is 5. The van der Waals surface area contributed by atoms with E-state index in [0.717, 1.165) is 43.9 Å². The fourth-order valence-electron chi connectivity index (χ4n) is 3.86. The Hall–Kier alpha value is -1.69. The number of ether oxygens (including phenoxy) is 2. The highest BCUT2D eigenvalue weighted by Crippen LogP contribution is 2.33. The highest BCUT2D eigenvalue weighted by Gasteiger charge is 2.43. The normalized spacial score (nSPS) is 27.3. The SMILES string of the molecule is Cc1cccc(CO[C@@H]2CC[C@H]3[C@H]2OCCN3Cc2ccoc2)n1. The maximum absolute atomic E-state index is 6.16. The summed E-state index contributed by atoms with van der Waals surface area (Å²) in [5.74, 6) is 0. The fraction of sp³-hybridized carbons (Fsp3) is 0.526. The molecule has 0 unspecified atom stereocenters. The van der Waals surface area contributed by atoms with Crippen molar-refractivity contribution < 1.29 is 13.9 Å². The third kappa shape index (κ3) is 3.38. The average Bonchev–Trinajstić information content (AvgIpc) is 3.23. The molecule has 4 rings (SSSR count). The minimum atomic E-state index is 0.157. The van der Waals surface area contributed by atoms with Crippen LogP contribution in [0.1, 0.15) is 29.8 Å². The van der Waals surface area contributed by atoms with Crippen LogP contribution in [0, 0.1) is 6.92 Å². The molecule has 128 valence electrons. The summed E-state index contributed by atoms with van der Waals surface area (Å²) in [6, 6.07) is 8.53. The number of hydrogen-bond donors (Lipinski definition) is 0. The monoisotopic (exact) mass is 328 g/mol. The molecule has 2 aliphatic rings. The van der Waals surface area contributed by atoms with Crippen molar-refractivity contribution >= 4 is 0 Å². The Labute approximate surface area is 142 Å². The van der Waals surface area contributed by atoms with Crippen LogP contribution in [-0.4, -0.2) is 41.3 Å². The van der Waals surface area contributed by atoms with Crippen LogP contribution in [0.2, 0.25) is 0 Å². The van der Waals surface area contributed by atoms with E-state index in [1.165, 1.54) is 5.56 Å². The van der Waals surface area contributed by atoms with Gasteiger partial charge in [-0.15, -0.1) is 0 Å². The minimum absolute atomic E-state index is 0.157. The minimum Gasteiger partial charge on any atom is -0.472 e. The van der Waals surface area contributed by atoms with Gasteiger partial charge in [-0.05, 0) is 38.0 Å². The number of hydrogen-bond acceptors (Lipinski definition) is 5. The summed E-state index contributed by atoms with van der Waals surface area (Å²) in [5.41, 5.74) is 3.24. The first kappa shape index (κ1) is 15.8. The maximum Gasteiger partial charge on any atom is 0.0992 e. The predicted octanol–water partition coefficient (Wildman–Crippen LogP) is 2.93. The lowest BCUT2D eigenvalue weighted by Crippen LogP contribution is -2.51. The van der Waals surface area contributed by atoms with Crippen LogP contribution in [0.3, 0.4) is 0 Å². The average molecular weight is 328 g/mol. The van der Waals surface area contributed by atoms with E-state index >= 15 is 0 Å². The van der Waals surface area contributed by atoms with E-state index in [1.54, 1.807) is 6.26 Å². The number of furan rings is 1. The molecule has 1 saturated heterocycles. The van der Waals surface area contributed by atoms with Crippen LogP contribution in [-0.2, 0) is 22.6 Å². The molecule has 5 nitrogen and oxygen atoms in total. The van der Waals surface area contributed by atoms with Gasteiger partial charge in [0.05, 0.1) is 43.6 Å².